The number of carbonyl (C=O) groups excluding carboxylic acids is 2. The fraction of sp³-hybridized carbons (Fsp3) is 0.100. The highest BCUT2D eigenvalue weighted by Crippen LogP contribution is 2.16. The average molecular weight is 479 g/mol. The second kappa shape index (κ2) is 11.6. The maximum atomic E-state index is 12.4. The number of nitrogens with zero attached hydrogens (tertiary/aromatic N) is 1. The Morgan fingerprint density at radius 3 is 2.17 bits per heavy atom. The SMILES string of the molecule is Cc1ccc(COc2ccc(C(=O)N/N=C/c3ccc(OC(=O)c4ccccc4C)cc3)cc2)cc1. The van der Waals surface area contributed by atoms with Gasteiger partial charge in [0.05, 0.1) is 11.8 Å². The van der Waals surface area contributed by atoms with E-state index in [0.29, 0.717) is 29.2 Å². The fourth-order valence-electron chi connectivity index (χ4n) is 3.37. The van der Waals surface area contributed by atoms with Crippen molar-refractivity contribution in [3.63, 3.8) is 0 Å². The largest absolute Gasteiger partial charge is 0.489 e. The van der Waals surface area contributed by atoms with Gasteiger partial charge in [-0.2, -0.15) is 5.10 Å². The predicted octanol–water partition coefficient (Wildman–Crippen LogP) is 5.87. The first-order valence-corrected chi connectivity index (χ1v) is 11.5. The highest BCUT2D eigenvalue weighted by molar-refractivity contribution is 5.95. The third-order valence-electron chi connectivity index (χ3n) is 5.48. The molecule has 0 aliphatic rings. The summed E-state index contributed by atoms with van der Waals surface area (Å²) in [5, 5.41) is 4.01. The number of esters is 1. The lowest BCUT2D eigenvalue weighted by molar-refractivity contribution is 0.0733. The van der Waals surface area contributed by atoms with E-state index < -0.39 is 5.97 Å². The normalized spacial score (nSPS) is 10.7. The van der Waals surface area contributed by atoms with E-state index in [2.05, 4.69) is 10.5 Å². The molecule has 0 fully saturated rings. The monoisotopic (exact) mass is 478 g/mol. The summed E-state index contributed by atoms with van der Waals surface area (Å²) in [4.78, 5) is 24.7. The van der Waals surface area contributed by atoms with Gasteiger partial charge >= 0.3 is 5.97 Å². The summed E-state index contributed by atoms with van der Waals surface area (Å²) in [5.74, 6) is 0.362. The maximum absolute atomic E-state index is 12.4. The van der Waals surface area contributed by atoms with Crippen molar-refractivity contribution in [2.45, 2.75) is 20.5 Å². The number of hydrazone groups is 1. The molecule has 0 spiro atoms. The molecule has 0 aliphatic heterocycles. The van der Waals surface area contributed by atoms with Crippen LogP contribution in [-0.4, -0.2) is 18.1 Å². The molecule has 4 aromatic carbocycles. The highest BCUT2D eigenvalue weighted by atomic mass is 16.5. The number of ether oxygens (including phenoxy) is 2. The lowest BCUT2D eigenvalue weighted by atomic mass is 10.1. The zero-order valence-electron chi connectivity index (χ0n) is 20.1. The molecule has 6 heteroatoms. The van der Waals surface area contributed by atoms with Gasteiger partial charge in [-0.25, -0.2) is 10.2 Å². The smallest absolute Gasteiger partial charge is 0.343 e. The number of hydrogen-bond acceptors (Lipinski definition) is 5. The van der Waals surface area contributed by atoms with Gasteiger partial charge in [-0.15, -0.1) is 0 Å². The van der Waals surface area contributed by atoms with Crippen LogP contribution in [0.15, 0.2) is 102 Å². The zero-order valence-corrected chi connectivity index (χ0v) is 20.1. The minimum Gasteiger partial charge on any atom is -0.489 e. The first-order valence-electron chi connectivity index (χ1n) is 11.5. The molecular weight excluding hydrogens is 452 g/mol. The number of rotatable bonds is 8. The van der Waals surface area contributed by atoms with Crippen LogP contribution in [0.2, 0.25) is 0 Å². The van der Waals surface area contributed by atoms with E-state index in [9.17, 15) is 9.59 Å². The zero-order chi connectivity index (χ0) is 25.3. The molecule has 180 valence electrons. The number of aryl methyl sites for hydroxylation is 2. The Morgan fingerprint density at radius 1 is 0.806 bits per heavy atom. The van der Waals surface area contributed by atoms with Crippen molar-refractivity contribution in [2.75, 3.05) is 0 Å². The molecule has 0 aliphatic carbocycles. The summed E-state index contributed by atoms with van der Waals surface area (Å²) in [6, 6.07) is 29.1. The van der Waals surface area contributed by atoms with Gasteiger partial charge in [-0.3, -0.25) is 4.79 Å². The molecule has 0 saturated heterocycles. The first kappa shape index (κ1) is 24.4. The molecule has 0 radical (unpaired) electrons. The molecule has 0 unspecified atom stereocenters. The van der Waals surface area contributed by atoms with Crippen LogP contribution in [0.25, 0.3) is 0 Å². The molecule has 0 bridgehead atoms. The number of nitrogens with one attached hydrogen (secondary N) is 1. The van der Waals surface area contributed by atoms with Crippen LogP contribution in [-0.2, 0) is 6.61 Å². The maximum Gasteiger partial charge on any atom is 0.343 e. The number of amides is 1. The van der Waals surface area contributed by atoms with Crippen molar-refractivity contribution < 1.29 is 19.1 Å². The summed E-state index contributed by atoms with van der Waals surface area (Å²) in [5.41, 5.74) is 7.37. The van der Waals surface area contributed by atoms with Crippen LogP contribution in [0.4, 0.5) is 0 Å². The van der Waals surface area contributed by atoms with E-state index in [-0.39, 0.29) is 5.91 Å². The van der Waals surface area contributed by atoms with E-state index in [1.807, 2.05) is 50.2 Å². The summed E-state index contributed by atoms with van der Waals surface area (Å²) < 4.78 is 11.2. The molecule has 6 nitrogen and oxygen atoms in total. The highest BCUT2D eigenvalue weighted by Gasteiger charge is 2.10. The number of hydrogen-bond donors (Lipinski definition) is 1. The quantitative estimate of drug-likeness (QED) is 0.149. The molecule has 4 aromatic rings. The lowest BCUT2D eigenvalue weighted by Crippen LogP contribution is -2.17. The second-order valence-corrected chi connectivity index (χ2v) is 8.27. The van der Waals surface area contributed by atoms with Crippen molar-refractivity contribution in [1.82, 2.24) is 5.43 Å². The molecule has 0 saturated carbocycles. The summed E-state index contributed by atoms with van der Waals surface area (Å²) in [7, 11) is 0. The van der Waals surface area contributed by atoms with E-state index >= 15 is 0 Å². The minimum absolute atomic E-state index is 0.333. The van der Waals surface area contributed by atoms with Crippen LogP contribution in [0.5, 0.6) is 11.5 Å². The summed E-state index contributed by atoms with van der Waals surface area (Å²) in [6.07, 6.45) is 1.52. The fourth-order valence-corrected chi connectivity index (χ4v) is 3.37. The lowest BCUT2D eigenvalue weighted by Gasteiger charge is -2.07. The van der Waals surface area contributed by atoms with Gasteiger partial charge in [-0.05, 0) is 85.1 Å². The van der Waals surface area contributed by atoms with Crippen molar-refractivity contribution >= 4 is 18.1 Å². The Bertz CT molecular complexity index is 1360. The molecular formula is C30H26N2O4. The van der Waals surface area contributed by atoms with Crippen molar-refractivity contribution in [2.24, 2.45) is 5.10 Å². The summed E-state index contributed by atoms with van der Waals surface area (Å²) >= 11 is 0. The Kier molecular flexibility index (Phi) is 7.88. The Morgan fingerprint density at radius 2 is 1.47 bits per heavy atom. The van der Waals surface area contributed by atoms with Gasteiger partial charge in [0.15, 0.2) is 0 Å². The van der Waals surface area contributed by atoms with Crippen LogP contribution in [0, 0.1) is 13.8 Å². The van der Waals surface area contributed by atoms with Gasteiger partial charge in [0.25, 0.3) is 5.91 Å². The van der Waals surface area contributed by atoms with Crippen molar-refractivity contribution in [1.29, 1.82) is 0 Å². The third kappa shape index (κ3) is 6.67. The first-order chi connectivity index (χ1) is 17.5. The van der Waals surface area contributed by atoms with Gasteiger partial charge in [-0.1, -0.05) is 48.0 Å². The molecule has 4 rings (SSSR count). The average Bonchev–Trinajstić information content (AvgIpc) is 2.90. The van der Waals surface area contributed by atoms with Gasteiger partial charge in [0.1, 0.15) is 18.1 Å². The van der Waals surface area contributed by atoms with Crippen molar-refractivity contribution in [3.8, 4) is 11.5 Å². The van der Waals surface area contributed by atoms with E-state index in [1.165, 1.54) is 11.8 Å². The molecule has 1 N–H and O–H groups in total. The molecule has 1 amide bonds. The molecule has 0 heterocycles. The third-order valence-corrected chi connectivity index (χ3v) is 5.48. The van der Waals surface area contributed by atoms with Gasteiger partial charge in [0.2, 0.25) is 0 Å². The van der Waals surface area contributed by atoms with Crippen LogP contribution in [0.1, 0.15) is 43.0 Å². The second-order valence-electron chi connectivity index (χ2n) is 8.27. The minimum atomic E-state index is -0.409. The Hall–Kier alpha value is -4.71. The van der Waals surface area contributed by atoms with Crippen molar-refractivity contribution in [3.05, 3.63) is 130 Å². The molecule has 0 atom stereocenters. The van der Waals surface area contributed by atoms with Gasteiger partial charge in [0, 0.05) is 5.56 Å². The Labute approximate surface area is 210 Å². The van der Waals surface area contributed by atoms with E-state index in [0.717, 1.165) is 16.7 Å². The van der Waals surface area contributed by atoms with Crippen LogP contribution >= 0.6 is 0 Å². The van der Waals surface area contributed by atoms with Crippen LogP contribution in [0.3, 0.4) is 0 Å². The van der Waals surface area contributed by atoms with Crippen LogP contribution < -0.4 is 14.9 Å². The summed E-state index contributed by atoms with van der Waals surface area (Å²) in [6.45, 7) is 4.36. The van der Waals surface area contributed by atoms with E-state index in [4.69, 9.17) is 9.47 Å². The van der Waals surface area contributed by atoms with E-state index in [1.54, 1.807) is 60.7 Å². The predicted molar refractivity (Wildman–Crippen MR) is 140 cm³/mol. The molecule has 36 heavy (non-hydrogen) atoms. The number of carbonyl (C=O) groups is 2. The molecule has 0 aromatic heterocycles. The standard InChI is InChI=1S/C30H26N2O4/c1-21-7-9-24(10-8-21)20-35-26-17-13-25(14-18-26)29(33)32-31-19-23-11-15-27(16-12-23)36-30(34)28-6-4-3-5-22(28)2/h3-19H,20H2,1-2H3,(H,32,33)/b31-19+. The number of benzene rings is 4. The topological polar surface area (TPSA) is 77.0 Å². The van der Waals surface area contributed by atoms with Gasteiger partial charge < -0.3 is 9.47 Å². The Balaban J connectivity index is 1.26.